The number of carboxylic acid groups (broad SMARTS) is 1. The zero-order valence-electron chi connectivity index (χ0n) is 8.05. The highest BCUT2D eigenvalue weighted by Gasteiger charge is 2.43. The van der Waals surface area contributed by atoms with Gasteiger partial charge in [-0.05, 0) is 18.5 Å². The minimum atomic E-state index is -1.52. The summed E-state index contributed by atoms with van der Waals surface area (Å²) in [6.45, 7) is 1.77. The second-order valence-electron chi connectivity index (χ2n) is 2.84. The average molecular weight is 268 g/mol. The first-order chi connectivity index (χ1) is 7.40. The lowest BCUT2D eigenvalue weighted by molar-refractivity contribution is -0.432. The van der Waals surface area contributed by atoms with Gasteiger partial charge in [-0.3, -0.25) is 10.1 Å². The molecule has 0 fully saturated rings. The van der Waals surface area contributed by atoms with E-state index < -0.39 is 27.8 Å². The second-order valence-corrected chi connectivity index (χ2v) is 3.54. The first-order valence-corrected chi connectivity index (χ1v) is 4.93. The summed E-state index contributed by atoms with van der Waals surface area (Å²) in [5.41, 5.74) is -0.680. The van der Waals surface area contributed by atoms with Gasteiger partial charge in [-0.25, -0.2) is 9.79 Å². The fourth-order valence-electron chi connectivity index (χ4n) is 1.31. The summed E-state index contributed by atoms with van der Waals surface area (Å²) in [5.74, 6) is -1.40. The Morgan fingerprint density at radius 3 is 2.62 bits per heavy atom. The largest absolute Gasteiger partial charge is 0.479 e. The molecule has 1 rings (SSSR count). The molecule has 1 aliphatic heterocycles. The monoisotopic (exact) mass is 267 g/mol. The van der Waals surface area contributed by atoms with Gasteiger partial charge in [0.05, 0.1) is 4.92 Å². The third kappa shape index (κ3) is 2.10. The smallest absolute Gasteiger partial charge is 0.337 e. The second kappa shape index (κ2) is 4.67. The zero-order chi connectivity index (χ0) is 12.5. The van der Waals surface area contributed by atoms with Crippen LogP contribution in [0.25, 0.3) is 0 Å². The predicted octanol–water partition coefficient (Wildman–Crippen LogP) is 1.05. The highest BCUT2D eigenvalue weighted by Crippen LogP contribution is 2.26. The van der Waals surface area contributed by atoms with Crippen molar-refractivity contribution in [2.24, 2.45) is 4.99 Å². The Labute approximate surface area is 100 Å². The summed E-state index contributed by atoms with van der Waals surface area (Å²) in [6.07, 6.45) is 0. The Kier molecular flexibility index (Phi) is 3.71. The number of carbonyl (C=O) groups is 1. The first-order valence-electron chi connectivity index (χ1n) is 4.17. The van der Waals surface area contributed by atoms with Gasteiger partial charge in [0.2, 0.25) is 16.5 Å². The van der Waals surface area contributed by atoms with Gasteiger partial charge in [-0.1, -0.05) is 11.6 Å². The molecule has 0 aliphatic carbocycles. The Balaban J connectivity index is 3.32. The topological polar surface area (TPSA) is 96.0 Å². The molecule has 88 valence electrons. The number of halogens is 2. The molecule has 9 heteroatoms. The van der Waals surface area contributed by atoms with Crippen LogP contribution in [-0.4, -0.2) is 38.8 Å². The molecule has 0 radical (unpaired) electrons. The Hall–Kier alpha value is -1.34. The molecule has 1 N–H and O–H groups in total. The van der Waals surface area contributed by atoms with E-state index in [4.69, 9.17) is 28.3 Å². The van der Waals surface area contributed by atoms with E-state index in [1.165, 1.54) is 0 Å². The average Bonchev–Trinajstić information content (AvgIpc) is 2.15. The molecule has 1 aliphatic rings. The number of nitrogens with zero attached hydrogens (tertiary/aromatic N) is 3. The van der Waals surface area contributed by atoms with E-state index in [1.54, 1.807) is 6.92 Å². The third-order valence-electron chi connectivity index (χ3n) is 1.98. The third-order valence-corrected chi connectivity index (χ3v) is 2.56. The SMILES string of the molecule is CCN1C(Cl)=NC(Cl)=C([N+](=O)[O-])C1C(=O)O. The number of aliphatic imine (C=N–C) groups is 1. The van der Waals surface area contributed by atoms with Crippen LogP contribution in [0.15, 0.2) is 15.8 Å². The molecule has 1 atom stereocenters. The number of likely N-dealkylation sites (N-methyl/N-ethyl adjacent to an activating group) is 1. The van der Waals surface area contributed by atoms with Crippen molar-refractivity contribution >= 4 is 34.5 Å². The predicted molar refractivity (Wildman–Crippen MR) is 57.0 cm³/mol. The molecule has 0 aromatic rings. The van der Waals surface area contributed by atoms with Crippen LogP contribution >= 0.6 is 23.2 Å². The summed E-state index contributed by atoms with van der Waals surface area (Å²) in [7, 11) is 0. The lowest BCUT2D eigenvalue weighted by atomic mass is 10.2. The molecular weight excluding hydrogens is 261 g/mol. The number of carboxylic acids is 1. The molecule has 0 aromatic carbocycles. The molecule has 0 spiro atoms. The van der Waals surface area contributed by atoms with Crippen molar-refractivity contribution in [1.29, 1.82) is 0 Å². The summed E-state index contributed by atoms with van der Waals surface area (Å²) in [4.78, 5) is 25.4. The van der Waals surface area contributed by atoms with E-state index >= 15 is 0 Å². The summed E-state index contributed by atoms with van der Waals surface area (Å²) < 4.78 is 0. The van der Waals surface area contributed by atoms with Gasteiger partial charge < -0.3 is 10.0 Å². The van der Waals surface area contributed by atoms with Gasteiger partial charge in [0.15, 0.2) is 0 Å². The van der Waals surface area contributed by atoms with Crippen LogP contribution in [0.5, 0.6) is 0 Å². The maximum atomic E-state index is 11.0. The van der Waals surface area contributed by atoms with Crippen LogP contribution in [-0.2, 0) is 4.79 Å². The standard InChI is InChI=1S/C7H7Cl2N3O4/c1-2-11-4(6(13)14)3(12(15)16)5(8)10-7(11)9/h4H,2H2,1H3,(H,13,14). The van der Waals surface area contributed by atoms with Gasteiger partial charge in [0.25, 0.3) is 0 Å². The van der Waals surface area contributed by atoms with Gasteiger partial charge in [-0.2, -0.15) is 0 Å². The number of aliphatic carboxylic acids is 1. The number of rotatable bonds is 3. The van der Waals surface area contributed by atoms with Crippen molar-refractivity contribution in [2.75, 3.05) is 6.54 Å². The lowest BCUT2D eigenvalue weighted by Crippen LogP contribution is -2.48. The molecule has 0 saturated heterocycles. The molecule has 16 heavy (non-hydrogen) atoms. The van der Waals surface area contributed by atoms with Crippen molar-refractivity contribution < 1.29 is 14.8 Å². The summed E-state index contributed by atoms with van der Waals surface area (Å²) in [6, 6.07) is -1.52. The minimum Gasteiger partial charge on any atom is -0.479 e. The maximum absolute atomic E-state index is 11.0. The maximum Gasteiger partial charge on any atom is 0.337 e. The van der Waals surface area contributed by atoms with E-state index in [9.17, 15) is 14.9 Å². The van der Waals surface area contributed by atoms with Crippen LogP contribution in [0.4, 0.5) is 0 Å². The highest BCUT2D eigenvalue weighted by atomic mass is 35.5. The van der Waals surface area contributed by atoms with Crippen LogP contribution in [0.2, 0.25) is 0 Å². The van der Waals surface area contributed by atoms with Crippen molar-refractivity contribution in [2.45, 2.75) is 13.0 Å². The number of amidine groups is 1. The number of nitro groups is 1. The molecule has 1 heterocycles. The molecule has 0 bridgehead atoms. The fraction of sp³-hybridized carbons (Fsp3) is 0.429. The van der Waals surface area contributed by atoms with Crippen LogP contribution in [0.1, 0.15) is 6.92 Å². The molecule has 7 nitrogen and oxygen atoms in total. The van der Waals surface area contributed by atoms with E-state index in [2.05, 4.69) is 4.99 Å². The van der Waals surface area contributed by atoms with Gasteiger partial charge in [0.1, 0.15) is 0 Å². The van der Waals surface area contributed by atoms with Crippen molar-refractivity contribution in [3.05, 3.63) is 21.0 Å². The zero-order valence-corrected chi connectivity index (χ0v) is 9.57. The molecule has 0 aromatic heterocycles. The van der Waals surface area contributed by atoms with E-state index in [1.807, 2.05) is 0 Å². The molecule has 1 unspecified atom stereocenters. The fourth-order valence-corrected chi connectivity index (χ4v) is 1.91. The Bertz CT molecular complexity index is 406. The molecule has 0 amide bonds. The van der Waals surface area contributed by atoms with Crippen molar-refractivity contribution in [1.82, 2.24) is 4.90 Å². The van der Waals surface area contributed by atoms with Crippen LogP contribution < -0.4 is 0 Å². The lowest BCUT2D eigenvalue weighted by Gasteiger charge is -2.28. The van der Waals surface area contributed by atoms with Gasteiger partial charge in [-0.15, -0.1) is 0 Å². The first kappa shape index (κ1) is 12.7. The highest BCUT2D eigenvalue weighted by molar-refractivity contribution is 6.65. The van der Waals surface area contributed by atoms with E-state index in [-0.39, 0.29) is 11.8 Å². The molecule has 0 saturated carbocycles. The quantitative estimate of drug-likeness (QED) is 0.469. The Morgan fingerprint density at radius 2 is 2.25 bits per heavy atom. The number of hydrogen-bond acceptors (Lipinski definition) is 5. The van der Waals surface area contributed by atoms with Gasteiger partial charge in [0, 0.05) is 6.54 Å². The minimum absolute atomic E-state index is 0.167. The summed E-state index contributed by atoms with van der Waals surface area (Å²) >= 11 is 11.2. The normalized spacial score (nSPS) is 20.8. The van der Waals surface area contributed by atoms with E-state index in [0.717, 1.165) is 4.90 Å². The van der Waals surface area contributed by atoms with Crippen LogP contribution in [0.3, 0.4) is 0 Å². The summed E-state index contributed by atoms with van der Waals surface area (Å²) in [5, 5.41) is 19.0. The van der Waals surface area contributed by atoms with Crippen molar-refractivity contribution in [3.8, 4) is 0 Å². The molecular formula is C7H7Cl2N3O4. The van der Waals surface area contributed by atoms with Crippen LogP contribution in [0, 0.1) is 10.1 Å². The van der Waals surface area contributed by atoms with Gasteiger partial charge >= 0.3 is 11.7 Å². The Morgan fingerprint density at radius 1 is 1.69 bits per heavy atom. The van der Waals surface area contributed by atoms with Crippen molar-refractivity contribution in [3.63, 3.8) is 0 Å². The van der Waals surface area contributed by atoms with E-state index in [0.29, 0.717) is 0 Å². The number of hydrogen-bond donors (Lipinski definition) is 1.